The van der Waals surface area contributed by atoms with Crippen LogP contribution in [-0.4, -0.2) is 39.6 Å². The van der Waals surface area contributed by atoms with E-state index in [1.807, 2.05) is 61.5 Å². The van der Waals surface area contributed by atoms with Crippen molar-refractivity contribution >= 4 is 28.6 Å². The number of carboxylic acid groups (broad SMARTS) is 1. The van der Waals surface area contributed by atoms with Crippen LogP contribution < -0.4 is 15.0 Å². The first kappa shape index (κ1) is 23.4. The van der Waals surface area contributed by atoms with Crippen molar-refractivity contribution in [2.24, 2.45) is 0 Å². The first-order valence-corrected chi connectivity index (χ1v) is 11.8. The van der Waals surface area contributed by atoms with Crippen molar-refractivity contribution in [1.82, 2.24) is 9.55 Å². The molecular weight excluding hydrogens is 452 g/mol. The summed E-state index contributed by atoms with van der Waals surface area (Å²) in [7, 11) is 0. The molecule has 7 nitrogen and oxygen atoms in total. The van der Waals surface area contributed by atoms with Crippen LogP contribution in [0.15, 0.2) is 82.7 Å². The van der Waals surface area contributed by atoms with Gasteiger partial charge in [-0.15, -0.1) is 0 Å². The normalized spacial score (nSPS) is 10.9. The number of rotatable bonds is 10. The molecule has 0 amide bonds. The molecule has 0 aliphatic carbocycles. The molecule has 4 aromatic rings. The fraction of sp³-hybridized carbons (Fsp3) is 0.192. The number of carboxylic acids is 1. The average molecular weight is 477 g/mol. The smallest absolute Gasteiger partial charge is 0.335 e. The Kier molecular flexibility index (Phi) is 7.49. The molecule has 0 saturated carbocycles. The molecule has 1 heterocycles. The van der Waals surface area contributed by atoms with E-state index >= 15 is 0 Å². The minimum atomic E-state index is -1.06. The molecule has 0 unspecified atom stereocenters. The van der Waals surface area contributed by atoms with E-state index in [4.69, 9.17) is 9.47 Å². The molecule has 0 atom stereocenters. The lowest BCUT2D eigenvalue weighted by Crippen LogP contribution is -2.24. The zero-order valence-corrected chi connectivity index (χ0v) is 19.5. The molecule has 174 valence electrons. The Morgan fingerprint density at radius 2 is 1.71 bits per heavy atom. The minimum absolute atomic E-state index is 0.0926. The summed E-state index contributed by atoms with van der Waals surface area (Å²) in [5.74, 6) is 1.01. The first-order chi connectivity index (χ1) is 16.5. The molecule has 0 aliphatic heterocycles. The van der Waals surface area contributed by atoms with Crippen molar-refractivity contribution in [3.05, 3.63) is 94.3 Å². The van der Waals surface area contributed by atoms with Gasteiger partial charge in [0.15, 0.2) is 5.16 Å². The van der Waals surface area contributed by atoms with E-state index in [0.717, 1.165) is 17.1 Å². The van der Waals surface area contributed by atoms with Crippen LogP contribution in [0.1, 0.15) is 22.8 Å². The number of carbonyl (C=O) groups is 1. The van der Waals surface area contributed by atoms with Crippen LogP contribution in [0.3, 0.4) is 0 Å². The van der Waals surface area contributed by atoms with Crippen LogP contribution in [-0.2, 0) is 6.54 Å². The lowest BCUT2D eigenvalue weighted by Gasteiger charge is -2.14. The molecule has 0 spiro atoms. The molecule has 0 aliphatic rings. The van der Waals surface area contributed by atoms with Crippen molar-refractivity contribution in [1.29, 1.82) is 0 Å². The average Bonchev–Trinajstić information content (AvgIpc) is 2.85. The zero-order valence-electron chi connectivity index (χ0n) is 18.6. The van der Waals surface area contributed by atoms with Gasteiger partial charge in [0.2, 0.25) is 0 Å². The molecule has 0 radical (unpaired) electrons. The number of thioether (sulfide) groups is 1. The summed E-state index contributed by atoms with van der Waals surface area (Å²) in [6.07, 6.45) is 0. The Morgan fingerprint density at radius 1 is 1.00 bits per heavy atom. The Hall–Kier alpha value is -3.78. The third kappa shape index (κ3) is 5.58. The van der Waals surface area contributed by atoms with Gasteiger partial charge in [-0.1, -0.05) is 42.1 Å². The summed E-state index contributed by atoms with van der Waals surface area (Å²) in [5.41, 5.74) is 1.22. The van der Waals surface area contributed by atoms with Crippen molar-refractivity contribution in [2.45, 2.75) is 18.6 Å². The van der Waals surface area contributed by atoms with Gasteiger partial charge in [0.25, 0.3) is 5.56 Å². The van der Waals surface area contributed by atoms with Crippen molar-refractivity contribution in [3.63, 3.8) is 0 Å². The van der Waals surface area contributed by atoms with Crippen LogP contribution in [0.5, 0.6) is 11.5 Å². The number of benzene rings is 3. The number of nitrogens with zero attached hydrogens (tertiary/aromatic N) is 2. The van der Waals surface area contributed by atoms with Gasteiger partial charge in [0, 0.05) is 5.75 Å². The van der Waals surface area contributed by atoms with Gasteiger partial charge >= 0.3 is 5.97 Å². The summed E-state index contributed by atoms with van der Waals surface area (Å²) in [6.45, 7) is 3.31. The Morgan fingerprint density at radius 3 is 2.38 bits per heavy atom. The highest BCUT2D eigenvalue weighted by Gasteiger charge is 2.14. The number of hydrogen-bond acceptors (Lipinski definition) is 6. The van der Waals surface area contributed by atoms with Gasteiger partial charge in [-0.05, 0) is 55.0 Å². The highest BCUT2D eigenvalue weighted by Crippen LogP contribution is 2.21. The van der Waals surface area contributed by atoms with Crippen molar-refractivity contribution in [2.75, 3.05) is 19.0 Å². The standard InChI is InChI=1S/C26H24N2O5S/c1-2-32-20-9-11-21(12-10-20)33-14-15-34-26-27-23-16-19(25(30)31)8-13-22(23)24(29)28(26)17-18-6-4-3-5-7-18/h3-13,16H,2,14-15,17H2,1H3,(H,30,31). The summed E-state index contributed by atoms with van der Waals surface area (Å²) in [4.78, 5) is 29.3. The molecule has 0 bridgehead atoms. The van der Waals surface area contributed by atoms with Gasteiger partial charge in [-0.2, -0.15) is 0 Å². The van der Waals surface area contributed by atoms with Crippen LogP contribution >= 0.6 is 11.8 Å². The number of hydrogen-bond donors (Lipinski definition) is 1. The molecule has 4 rings (SSSR count). The van der Waals surface area contributed by atoms with Gasteiger partial charge in [0.05, 0.1) is 36.2 Å². The van der Waals surface area contributed by atoms with E-state index in [1.54, 1.807) is 4.57 Å². The quantitative estimate of drug-likeness (QED) is 0.201. The molecule has 3 aromatic carbocycles. The van der Waals surface area contributed by atoms with Crippen LogP contribution in [0.25, 0.3) is 10.9 Å². The lowest BCUT2D eigenvalue weighted by molar-refractivity contribution is 0.0697. The van der Waals surface area contributed by atoms with Gasteiger partial charge in [-0.25, -0.2) is 9.78 Å². The van der Waals surface area contributed by atoms with Crippen molar-refractivity contribution < 1.29 is 19.4 Å². The second-order valence-corrected chi connectivity index (χ2v) is 8.47. The molecule has 0 saturated heterocycles. The van der Waals surface area contributed by atoms with E-state index in [-0.39, 0.29) is 11.1 Å². The summed E-state index contributed by atoms with van der Waals surface area (Å²) in [6, 6.07) is 21.5. The topological polar surface area (TPSA) is 90.7 Å². The largest absolute Gasteiger partial charge is 0.494 e. The summed E-state index contributed by atoms with van der Waals surface area (Å²) in [5, 5.41) is 10.2. The fourth-order valence-electron chi connectivity index (χ4n) is 3.44. The Bertz CT molecular complexity index is 1340. The van der Waals surface area contributed by atoms with E-state index in [0.29, 0.717) is 41.6 Å². The van der Waals surface area contributed by atoms with E-state index in [2.05, 4.69) is 4.98 Å². The van der Waals surface area contributed by atoms with Crippen LogP contribution in [0.4, 0.5) is 0 Å². The van der Waals surface area contributed by atoms with E-state index in [1.165, 1.54) is 30.0 Å². The number of ether oxygens (including phenoxy) is 2. The van der Waals surface area contributed by atoms with Gasteiger partial charge < -0.3 is 14.6 Å². The predicted octanol–water partition coefficient (Wildman–Crippen LogP) is 4.71. The zero-order chi connectivity index (χ0) is 23.9. The maximum absolute atomic E-state index is 13.3. The van der Waals surface area contributed by atoms with Gasteiger partial charge in [0.1, 0.15) is 11.5 Å². The van der Waals surface area contributed by atoms with E-state index in [9.17, 15) is 14.7 Å². The number of aromatic carboxylic acids is 1. The SMILES string of the molecule is CCOc1ccc(OCCSc2nc3cc(C(=O)O)ccc3c(=O)n2Cc2ccccc2)cc1. The molecule has 1 N–H and O–H groups in total. The van der Waals surface area contributed by atoms with Crippen molar-refractivity contribution in [3.8, 4) is 11.5 Å². The third-order valence-electron chi connectivity index (χ3n) is 5.07. The minimum Gasteiger partial charge on any atom is -0.494 e. The second-order valence-electron chi connectivity index (χ2n) is 7.41. The Balaban J connectivity index is 1.56. The molecule has 0 fully saturated rings. The first-order valence-electron chi connectivity index (χ1n) is 10.9. The predicted molar refractivity (Wildman–Crippen MR) is 132 cm³/mol. The van der Waals surface area contributed by atoms with Crippen LogP contribution in [0, 0.1) is 0 Å². The Labute approximate surface area is 201 Å². The monoisotopic (exact) mass is 476 g/mol. The van der Waals surface area contributed by atoms with Gasteiger partial charge in [-0.3, -0.25) is 9.36 Å². The highest BCUT2D eigenvalue weighted by atomic mass is 32.2. The van der Waals surface area contributed by atoms with E-state index < -0.39 is 5.97 Å². The molecular formula is C26H24N2O5S. The number of fused-ring (bicyclic) bond motifs is 1. The second kappa shape index (κ2) is 10.9. The maximum Gasteiger partial charge on any atom is 0.335 e. The molecule has 8 heteroatoms. The fourth-order valence-corrected chi connectivity index (χ4v) is 4.26. The maximum atomic E-state index is 13.3. The molecule has 1 aromatic heterocycles. The summed E-state index contributed by atoms with van der Waals surface area (Å²) < 4.78 is 12.9. The summed E-state index contributed by atoms with van der Waals surface area (Å²) >= 11 is 1.39. The molecule has 34 heavy (non-hydrogen) atoms. The number of aromatic nitrogens is 2. The lowest BCUT2D eigenvalue weighted by atomic mass is 10.1. The van der Waals surface area contributed by atoms with Crippen LogP contribution in [0.2, 0.25) is 0 Å². The third-order valence-corrected chi connectivity index (χ3v) is 6.01. The highest BCUT2D eigenvalue weighted by molar-refractivity contribution is 7.99.